The fourth-order valence-corrected chi connectivity index (χ4v) is 3.47. The van der Waals surface area contributed by atoms with Crippen LogP contribution in [0.25, 0.3) is 0 Å². The number of guanidine groups is 1. The number of nitrogens with one attached hydrogen (secondary N) is 2. The minimum absolute atomic E-state index is 0.0485. The molecule has 1 aromatic heterocycles. The second-order valence-electron chi connectivity index (χ2n) is 7.82. The van der Waals surface area contributed by atoms with E-state index >= 15 is 0 Å². The zero-order valence-electron chi connectivity index (χ0n) is 17.6. The summed E-state index contributed by atoms with van der Waals surface area (Å²) in [6, 6.07) is 8.76. The van der Waals surface area contributed by atoms with Gasteiger partial charge in [-0.05, 0) is 24.5 Å². The maximum atomic E-state index is 12.2. The number of carbonyl (C=O) groups excluding carboxylic acids is 1. The SMILES string of the molecule is CCNC(=NCc1ccc(Cn2ccnc2)cc1)NC1CCN(C(=O)C(C)C)C1. The Kier molecular flexibility index (Phi) is 7.27. The van der Waals surface area contributed by atoms with Gasteiger partial charge in [-0.1, -0.05) is 38.1 Å². The summed E-state index contributed by atoms with van der Waals surface area (Å²) in [7, 11) is 0. The molecule has 156 valence electrons. The van der Waals surface area contributed by atoms with Crippen LogP contribution in [0.3, 0.4) is 0 Å². The predicted molar refractivity (Wildman–Crippen MR) is 116 cm³/mol. The van der Waals surface area contributed by atoms with Crippen LogP contribution in [0.15, 0.2) is 48.0 Å². The molecule has 1 aliphatic heterocycles. The van der Waals surface area contributed by atoms with E-state index in [9.17, 15) is 4.79 Å². The highest BCUT2D eigenvalue weighted by atomic mass is 16.2. The first-order valence-corrected chi connectivity index (χ1v) is 10.4. The van der Waals surface area contributed by atoms with Gasteiger partial charge in [0.25, 0.3) is 0 Å². The molecule has 1 aliphatic rings. The van der Waals surface area contributed by atoms with Crippen molar-refractivity contribution in [3.05, 3.63) is 54.1 Å². The highest BCUT2D eigenvalue weighted by Crippen LogP contribution is 2.13. The van der Waals surface area contributed by atoms with Gasteiger partial charge < -0.3 is 20.1 Å². The van der Waals surface area contributed by atoms with E-state index in [0.29, 0.717) is 6.54 Å². The Morgan fingerprint density at radius 1 is 1.28 bits per heavy atom. The summed E-state index contributed by atoms with van der Waals surface area (Å²) in [6.07, 6.45) is 6.53. The molecule has 2 N–H and O–H groups in total. The average Bonchev–Trinajstić information content (AvgIpc) is 3.39. The van der Waals surface area contributed by atoms with Gasteiger partial charge in [0, 0.05) is 50.5 Å². The van der Waals surface area contributed by atoms with Crippen LogP contribution < -0.4 is 10.6 Å². The molecule has 1 amide bonds. The molecule has 7 heteroatoms. The van der Waals surface area contributed by atoms with Gasteiger partial charge in [-0.25, -0.2) is 9.98 Å². The van der Waals surface area contributed by atoms with Crippen molar-refractivity contribution in [2.75, 3.05) is 19.6 Å². The van der Waals surface area contributed by atoms with E-state index in [1.54, 1.807) is 6.20 Å². The van der Waals surface area contributed by atoms with Crippen LogP contribution in [0.1, 0.15) is 38.3 Å². The van der Waals surface area contributed by atoms with Crippen molar-refractivity contribution in [3.63, 3.8) is 0 Å². The van der Waals surface area contributed by atoms with Crippen LogP contribution in [0.2, 0.25) is 0 Å². The molecular formula is C22H32N6O. The van der Waals surface area contributed by atoms with E-state index in [0.717, 1.165) is 38.6 Å². The number of aromatic nitrogens is 2. The largest absolute Gasteiger partial charge is 0.357 e. The van der Waals surface area contributed by atoms with E-state index < -0.39 is 0 Å². The second-order valence-corrected chi connectivity index (χ2v) is 7.82. The van der Waals surface area contributed by atoms with Crippen LogP contribution in [-0.2, 0) is 17.9 Å². The Morgan fingerprint density at radius 2 is 2.03 bits per heavy atom. The minimum Gasteiger partial charge on any atom is -0.357 e. The summed E-state index contributed by atoms with van der Waals surface area (Å²) < 4.78 is 2.05. The lowest BCUT2D eigenvalue weighted by Crippen LogP contribution is -2.45. The Balaban J connectivity index is 1.54. The van der Waals surface area contributed by atoms with Crippen molar-refractivity contribution in [3.8, 4) is 0 Å². The molecule has 3 rings (SSSR count). The van der Waals surface area contributed by atoms with E-state index in [-0.39, 0.29) is 17.9 Å². The third-order valence-corrected chi connectivity index (χ3v) is 5.05. The number of rotatable bonds is 7. The average molecular weight is 397 g/mol. The molecular weight excluding hydrogens is 364 g/mol. The molecule has 0 saturated carbocycles. The first-order valence-electron chi connectivity index (χ1n) is 10.4. The molecule has 29 heavy (non-hydrogen) atoms. The summed E-state index contributed by atoms with van der Waals surface area (Å²) in [5.41, 5.74) is 2.40. The summed E-state index contributed by atoms with van der Waals surface area (Å²) >= 11 is 0. The summed E-state index contributed by atoms with van der Waals surface area (Å²) in [5.74, 6) is 1.08. The lowest BCUT2D eigenvalue weighted by molar-refractivity contribution is -0.133. The van der Waals surface area contributed by atoms with Crippen LogP contribution in [-0.4, -0.2) is 52.0 Å². The second kappa shape index (κ2) is 10.1. The quantitative estimate of drug-likeness (QED) is 0.556. The van der Waals surface area contributed by atoms with Gasteiger partial charge in [-0.2, -0.15) is 0 Å². The zero-order valence-corrected chi connectivity index (χ0v) is 17.6. The third kappa shape index (κ3) is 6.07. The van der Waals surface area contributed by atoms with Crippen LogP contribution in [0, 0.1) is 5.92 Å². The smallest absolute Gasteiger partial charge is 0.225 e. The minimum atomic E-state index is 0.0485. The van der Waals surface area contributed by atoms with Crippen molar-refractivity contribution < 1.29 is 4.79 Å². The molecule has 7 nitrogen and oxygen atoms in total. The number of likely N-dealkylation sites (tertiary alicyclic amines) is 1. The van der Waals surface area contributed by atoms with Crippen molar-refractivity contribution in [2.24, 2.45) is 10.9 Å². The third-order valence-electron chi connectivity index (χ3n) is 5.05. The Morgan fingerprint density at radius 3 is 2.69 bits per heavy atom. The maximum absolute atomic E-state index is 12.2. The standard InChI is InChI=1S/C22H32N6O/c1-4-24-22(26-20-9-11-28(15-20)21(29)17(2)3)25-13-18-5-7-19(8-6-18)14-27-12-10-23-16-27/h5-8,10,12,16-17,20H,4,9,11,13-15H2,1-3H3,(H2,24,25,26). The summed E-state index contributed by atoms with van der Waals surface area (Å²) in [6.45, 7) is 9.76. The zero-order chi connectivity index (χ0) is 20.6. The first kappa shape index (κ1) is 20.9. The van der Waals surface area contributed by atoms with Crippen LogP contribution in [0.5, 0.6) is 0 Å². The lowest BCUT2D eigenvalue weighted by atomic mass is 10.1. The number of hydrogen-bond donors (Lipinski definition) is 2. The molecule has 0 aliphatic carbocycles. The van der Waals surface area contributed by atoms with Gasteiger partial charge in [0.05, 0.1) is 12.9 Å². The Bertz CT molecular complexity index is 797. The fourth-order valence-electron chi connectivity index (χ4n) is 3.47. The van der Waals surface area contributed by atoms with Crippen molar-refractivity contribution >= 4 is 11.9 Å². The first-order chi connectivity index (χ1) is 14.0. The molecule has 0 radical (unpaired) electrons. The molecule has 0 bridgehead atoms. The van der Waals surface area contributed by atoms with Gasteiger partial charge in [0.2, 0.25) is 5.91 Å². The Labute approximate surface area is 173 Å². The summed E-state index contributed by atoms with van der Waals surface area (Å²) in [4.78, 5) is 22.9. The van der Waals surface area contributed by atoms with E-state index in [2.05, 4.69) is 51.4 Å². The lowest BCUT2D eigenvalue weighted by Gasteiger charge is -2.20. The number of carbonyl (C=O) groups is 1. The van der Waals surface area contributed by atoms with Crippen molar-refractivity contribution in [1.29, 1.82) is 0 Å². The van der Waals surface area contributed by atoms with Crippen molar-refractivity contribution in [2.45, 2.75) is 46.3 Å². The summed E-state index contributed by atoms with van der Waals surface area (Å²) in [5, 5.41) is 6.80. The van der Waals surface area contributed by atoms with Gasteiger partial charge in [0.1, 0.15) is 0 Å². The number of nitrogens with zero attached hydrogens (tertiary/aromatic N) is 4. The predicted octanol–water partition coefficient (Wildman–Crippen LogP) is 2.24. The van der Waals surface area contributed by atoms with E-state index in [1.165, 1.54) is 11.1 Å². The molecule has 1 unspecified atom stereocenters. The van der Waals surface area contributed by atoms with Gasteiger partial charge in [0.15, 0.2) is 5.96 Å². The Hall–Kier alpha value is -2.83. The van der Waals surface area contributed by atoms with Gasteiger partial charge >= 0.3 is 0 Å². The topological polar surface area (TPSA) is 74.6 Å². The fraction of sp³-hybridized carbons (Fsp3) is 0.500. The maximum Gasteiger partial charge on any atom is 0.225 e. The monoisotopic (exact) mass is 396 g/mol. The molecule has 1 saturated heterocycles. The number of imidazole rings is 1. The molecule has 0 spiro atoms. The number of amides is 1. The van der Waals surface area contributed by atoms with Crippen molar-refractivity contribution in [1.82, 2.24) is 25.1 Å². The normalized spacial score (nSPS) is 17.0. The number of hydrogen-bond acceptors (Lipinski definition) is 3. The number of benzene rings is 1. The number of aliphatic imine (C=N–C) groups is 1. The highest BCUT2D eigenvalue weighted by molar-refractivity contribution is 5.81. The van der Waals surface area contributed by atoms with Gasteiger partial charge in [-0.3, -0.25) is 4.79 Å². The highest BCUT2D eigenvalue weighted by Gasteiger charge is 2.27. The molecule has 2 heterocycles. The van der Waals surface area contributed by atoms with Gasteiger partial charge in [-0.15, -0.1) is 0 Å². The van der Waals surface area contributed by atoms with Crippen LogP contribution >= 0.6 is 0 Å². The van der Waals surface area contributed by atoms with Crippen LogP contribution in [0.4, 0.5) is 0 Å². The van der Waals surface area contributed by atoms with E-state index in [1.807, 2.05) is 31.3 Å². The molecule has 2 aromatic rings. The molecule has 1 aromatic carbocycles. The van der Waals surface area contributed by atoms with E-state index in [4.69, 9.17) is 4.99 Å². The molecule has 1 atom stereocenters. The molecule has 1 fully saturated rings.